The van der Waals surface area contributed by atoms with Gasteiger partial charge in [0.15, 0.2) is 12.4 Å². The van der Waals surface area contributed by atoms with Crippen LogP contribution in [0.2, 0.25) is 0 Å². The number of nitrogens with zero attached hydrogens (tertiary/aromatic N) is 1. The number of hydrogen-bond acceptors (Lipinski definition) is 7. The fourth-order valence-electron chi connectivity index (χ4n) is 2.18. The Morgan fingerprint density at radius 3 is 2.22 bits per heavy atom. The zero-order valence-electron chi connectivity index (χ0n) is 15.0. The molecule has 0 radical (unpaired) electrons. The van der Waals surface area contributed by atoms with Crippen LogP contribution < -0.4 is 4.90 Å². The lowest BCUT2D eigenvalue weighted by Gasteiger charge is -2.21. The first-order valence-corrected chi connectivity index (χ1v) is 9.03. The van der Waals surface area contributed by atoms with E-state index in [-0.39, 0.29) is 23.8 Å². The molecular weight excluding hydrogens is 370 g/mol. The monoisotopic (exact) mass is 389 g/mol. The molecule has 8 heteroatoms. The van der Waals surface area contributed by atoms with Crippen LogP contribution in [-0.2, 0) is 19.1 Å². The van der Waals surface area contributed by atoms with E-state index in [0.29, 0.717) is 10.6 Å². The molecule has 27 heavy (non-hydrogen) atoms. The number of Topliss-reactive ketones (excluding diaryl/α,β-unsaturated/α-hetero) is 1. The number of ether oxygens (including phenoxy) is 2. The Morgan fingerprint density at radius 1 is 0.963 bits per heavy atom. The zero-order valence-corrected chi connectivity index (χ0v) is 15.8. The third-order valence-electron chi connectivity index (χ3n) is 3.44. The van der Waals surface area contributed by atoms with Gasteiger partial charge in [-0.05, 0) is 38.1 Å². The molecule has 142 valence electrons. The van der Waals surface area contributed by atoms with E-state index in [1.54, 1.807) is 37.3 Å². The van der Waals surface area contributed by atoms with Gasteiger partial charge in [-0.15, -0.1) is 11.3 Å². The summed E-state index contributed by atoms with van der Waals surface area (Å²) in [7, 11) is 0. The SMILES string of the molecule is CCOC(=O)CN(C(=O)COC(=O)c1ccc(C(C)=O)s1)c1ccccc1. The van der Waals surface area contributed by atoms with Crippen molar-refractivity contribution in [3.05, 3.63) is 52.2 Å². The summed E-state index contributed by atoms with van der Waals surface area (Å²) < 4.78 is 9.94. The summed E-state index contributed by atoms with van der Waals surface area (Å²) in [5, 5.41) is 0. The number of benzene rings is 1. The average Bonchev–Trinajstić information content (AvgIpc) is 3.15. The topological polar surface area (TPSA) is 90.0 Å². The van der Waals surface area contributed by atoms with Gasteiger partial charge in [0.25, 0.3) is 5.91 Å². The van der Waals surface area contributed by atoms with Crippen LogP contribution >= 0.6 is 11.3 Å². The maximum Gasteiger partial charge on any atom is 0.348 e. The second kappa shape index (κ2) is 9.63. The van der Waals surface area contributed by atoms with Crippen LogP contribution in [0.25, 0.3) is 0 Å². The van der Waals surface area contributed by atoms with Crippen molar-refractivity contribution in [2.75, 3.05) is 24.7 Å². The molecule has 0 fully saturated rings. The fraction of sp³-hybridized carbons (Fsp3) is 0.263. The van der Waals surface area contributed by atoms with E-state index in [0.717, 1.165) is 11.3 Å². The summed E-state index contributed by atoms with van der Waals surface area (Å²) in [6, 6.07) is 11.6. The highest BCUT2D eigenvalue weighted by molar-refractivity contribution is 7.15. The highest BCUT2D eigenvalue weighted by Gasteiger charge is 2.22. The lowest BCUT2D eigenvalue weighted by Crippen LogP contribution is -2.39. The highest BCUT2D eigenvalue weighted by Crippen LogP contribution is 2.18. The summed E-state index contributed by atoms with van der Waals surface area (Å²) in [6.07, 6.45) is 0. The van der Waals surface area contributed by atoms with Crippen molar-refractivity contribution in [3.8, 4) is 0 Å². The van der Waals surface area contributed by atoms with Gasteiger partial charge in [0.2, 0.25) is 0 Å². The minimum Gasteiger partial charge on any atom is -0.465 e. The highest BCUT2D eigenvalue weighted by atomic mass is 32.1. The van der Waals surface area contributed by atoms with Gasteiger partial charge < -0.3 is 9.47 Å². The third-order valence-corrected chi connectivity index (χ3v) is 4.61. The van der Waals surface area contributed by atoms with E-state index in [9.17, 15) is 19.2 Å². The van der Waals surface area contributed by atoms with Gasteiger partial charge in [0, 0.05) is 5.69 Å². The zero-order chi connectivity index (χ0) is 19.8. The Bertz CT molecular complexity index is 830. The van der Waals surface area contributed by atoms with Gasteiger partial charge in [-0.2, -0.15) is 0 Å². The second-order valence-corrected chi connectivity index (χ2v) is 6.50. The van der Waals surface area contributed by atoms with Crippen LogP contribution in [0.1, 0.15) is 33.2 Å². The molecule has 2 rings (SSSR count). The quantitative estimate of drug-likeness (QED) is 0.509. The van der Waals surface area contributed by atoms with Gasteiger partial charge in [0.05, 0.1) is 11.5 Å². The van der Waals surface area contributed by atoms with Crippen molar-refractivity contribution < 1.29 is 28.7 Å². The molecule has 0 spiro atoms. The number of para-hydroxylation sites is 1. The molecule has 1 heterocycles. The van der Waals surface area contributed by atoms with Crippen molar-refractivity contribution in [3.63, 3.8) is 0 Å². The Kier molecular flexibility index (Phi) is 7.25. The van der Waals surface area contributed by atoms with Gasteiger partial charge in [-0.1, -0.05) is 18.2 Å². The first kappa shape index (κ1) is 20.3. The van der Waals surface area contributed by atoms with Crippen LogP contribution in [-0.4, -0.2) is 43.4 Å². The van der Waals surface area contributed by atoms with Crippen molar-refractivity contribution in [1.82, 2.24) is 0 Å². The number of thiophene rings is 1. The van der Waals surface area contributed by atoms with E-state index < -0.39 is 24.5 Å². The first-order valence-electron chi connectivity index (χ1n) is 8.21. The Morgan fingerprint density at radius 2 is 1.63 bits per heavy atom. The standard InChI is InChI=1S/C19H19NO6S/c1-3-25-18(23)11-20(14-7-5-4-6-8-14)17(22)12-26-19(24)16-10-9-15(27-16)13(2)21/h4-10H,3,11-12H2,1-2H3. The average molecular weight is 389 g/mol. The van der Waals surface area contributed by atoms with E-state index in [1.165, 1.54) is 24.0 Å². The molecule has 0 unspecified atom stereocenters. The van der Waals surface area contributed by atoms with Gasteiger partial charge in [-0.3, -0.25) is 19.3 Å². The van der Waals surface area contributed by atoms with Crippen LogP contribution in [0, 0.1) is 0 Å². The summed E-state index contributed by atoms with van der Waals surface area (Å²) in [5.74, 6) is -1.99. The van der Waals surface area contributed by atoms with E-state index in [1.807, 2.05) is 0 Å². The number of carbonyl (C=O) groups is 4. The van der Waals surface area contributed by atoms with Crippen LogP contribution in [0.5, 0.6) is 0 Å². The largest absolute Gasteiger partial charge is 0.465 e. The molecule has 0 saturated carbocycles. The molecule has 2 aromatic rings. The molecule has 1 amide bonds. The van der Waals surface area contributed by atoms with Crippen molar-refractivity contribution in [2.24, 2.45) is 0 Å². The molecule has 0 saturated heterocycles. The summed E-state index contributed by atoms with van der Waals surface area (Å²) in [5.41, 5.74) is 0.488. The number of rotatable bonds is 8. The minimum absolute atomic E-state index is 0.153. The molecule has 0 atom stereocenters. The third kappa shape index (κ3) is 5.75. The molecule has 0 N–H and O–H groups in total. The Labute approximate surface area is 160 Å². The molecule has 7 nitrogen and oxygen atoms in total. The number of amides is 1. The smallest absolute Gasteiger partial charge is 0.348 e. The normalized spacial score (nSPS) is 10.1. The van der Waals surface area contributed by atoms with Gasteiger partial charge in [0.1, 0.15) is 11.4 Å². The lowest BCUT2D eigenvalue weighted by atomic mass is 10.3. The molecule has 1 aromatic heterocycles. The van der Waals surface area contributed by atoms with Gasteiger partial charge >= 0.3 is 11.9 Å². The minimum atomic E-state index is -0.704. The molecule has 0 aliphatic rings. The summed E-state index contributed by atoms with van der Waals surface area (Å²) in [4.78, 5) is 49.6. The van der Waals surface area contributed by atoms with Crippen LogP contribution in [0.3, 0.4) is 0 Å². The number of anilines is 1. The molecular formula is C19H19NO6S. The van der Waals surface area contributed by atoms with E-state index in [2.05, 4.69) is 0 Å². The van der Waals surface area contributed by atoms with Crippen molar-refractivity contribution in [2.45, 2.75) is 13.8 Å². The van der Waals surface area contributed by atoms with Crippen molar-refractivity contribution in [1.29, 1.82) is 0 Å². The van der Waals surface area contributed by atoms with Crippen molar-refractivity contribution >= 4 is 40.7 Å². The molecule has 0 aliphatic heterocycles. The van der Waals surface area contributed by atoms with Gasteiger partial charge in [-0.25, -0.2) is 4.79 Å². The first-order chi connectivity index (χ1) is 12.9. The molecule has 0 bridgehead atoms. The lowest BCUT2D eigenvalue weighted by molar-refractivity contribution is -0.142. The summed E-state index contributed by atoms with van der Waals surface area (Å²) in [6.45, 7) is 2.44. The maximum atomic E-state index is 12.5. The predicted octanol–water partition coefficient (Wildman–Crippen LogP) is 2.70. The van der Waals surface area contributed by atoms with Crippen LogP contribution in [0.15, 0.2) is 42.5 Å². The Balaban J connectivity index is 2.05. The molecule has 0 aliphatic carbocycles. The fourth-order valence-corrected chi connectivity index (χ4v) is 2.98. The Hall–Kier alpha value is -3.00. The number of hydrogen-bond donors (Lipinski definition) is 0. The predicted molar refractivity (Wildman–Crippen MR) is 100 cm³/mol. The summed E-state index contributed by atoms with van der Waals surface area (Å²) >= 11 is 1.000. The number of esters is 2. The van der Waals surface area contributed by atoms with Crippen LogP contribution in [0.4, 0.5) is 5.69 Å². The van der Waals surface area contributed by atoms with E-state index >= 15 is 0 Å². The number of carbonyl (C=O) groups excluding carboxylic acids is 4. The number of ketones is 1. The maximum absolute atomic E-state index is 12.5. The van der Waals surface area contributed by atoms with E-state index in [4.69, 9.17) is 9.47 Å². The molecule has 1 aromatic carbocycles. The second-order valence-electron chi connectivity index (χ2n) is 5.42.